The summed E-state index contributed by atoms with van der Waals surface area (Å²) in [5.41, 5.74) is 8.59. The molecule has 0 saturated carbocycles. The van der Waals surface area contributed by atoms with Gasteiger partial charge in [-0.05, 0) is 120 Å². The maximum Gasteiger partial charge on any atom is 0.119 e. The van der Waals surface area contributed by atoms with E-state index in [-0.39, 0.29) is 30.5 Å². The molecule has 0 aromatic heterocycles. The number of hydrogen-bond acceptors (Lipinski definition) is 14. The number of aromatic hydroxyl groups is 2. The topological polar surface area (TPSA) is 165 Å². The van der Waals surface area contributed by atoms with Crippen LogP contribution in [0.2, 0.25) is 0 Å². The Bertz CT molecular complexity index is 2360. The second kappa shape index (κ2) is 43.5. The van der Waals surface area contributed by atoms with Gasteiger partial charge in [-0.15, -0.1) is 0 Å². The minimum atomic E-state index is 0.129. The van der Waals surface area contributed by atoms with Crippen LogP contribution >= 0.6 is 0 Å². The van der Waals surface area contributed by atoms with Crippen LogP contribution in [0, 0.1) is 6.92 Å². The molecule has 5 aliphatic rings. The average Bonchev–Trinajstić information content (AvgIpc) is 3.73. The van der Waals surface area contributed by atoms with Gasteiger partial charge in [0.25, 0.3) is 0 Å². The van der Waals surface area contributed by atoms with E-state index >= 15 is 0 Å². The quantitative estimate of drug-likeness (QED) is 0.0276. The van der Waals surface area contributed by atoms with E-state index in [1.807, 2.05) is 37.3 Å². The summed E-state index contributed by atoms with van der Waals surface area (Å²) in [5, 5.41) is 35.0. The predicted molar refractivity (Wildman–Crippen MR) is 349 cm³/mol. The standard InChI is InChI=1S/C18H29NO.C17H27NO2.C16H25NO2.C11H15NO2.C10H13NO2/c1-2-3-4-5-6-7-8-16-9-11-17(12-10-16)18-15-19-13-14-20-18;1-2-3-4-5-6-12-19-16-9-7-15(8-10-16)17-14-18-11-13-20-17;1-2-3-4-5-11-18-15-8-6-14(7-9-15)16-13-17-10-12-19-16;1-8-6-9(13)2-3-10(8)11-7-12-4-5-14-11;12-9-3-1-8(2-4-9)10-7-11-5-6-13-10/h9-12,18-19H,2-8,13-15H2,1H3;7-10,17-18H,2-6,11-14H2,1H3;6-9,16-17H,2-5,10-13H2,1H3;2-3,6,11-13H,4-5,7H2,1H3;1-4,10-12H,5-7H2. The summed E-state index contributed by atoms with van der Waals surface area (Å²) in [4.78, 5) is 0. The highest BCUT2D eigenvalue weighted by atomic mass is 16.5. The molecule has 5 fully saturated rings. The van der Waals surface area contributed by atoms with Gasteiger partial charge in [-0.1, -0.05) is 165 Å². The molecule has 5 aromatic carbocycles. The Morgan fingerprint density at radius 2 is 0.698 bits per heavy atom. The number of phenolic OH excluding ortho intramolecular Hbond substituents is 2. The van der Waals surface area contributed by atoms with Crippen LogP contribution in [0.4, 0.5) is 0 Å². The normalized spacial score (nSPS) is 20.2. The molecule has 5 saturated heterocycles. The van der Waals surface area contributed by atoms with Gasteiger partial charge < -0.3 is 70.0 Å². The van der Waals surface area contributed by atoms with Crippen molar-refractivity contribution in [2.75, 3.05) is 112 Å². The molecule has 14 heteroatoms. The van der Waals surface area contributed by atoms with Crippen LogP contribution in [-0.4, -0.2) is 122 Å². The van der Waals surface area contributed by atoms with E-state index in [2.05, 4.69) is 108 Å². The fourth-order valence-electron chi connectivity index (χ4n) is 10.8. The predicted octanol–water partition coefficient (Wildman–Crippen LogP) is 13.7. The van der Waals surface area contributed by atoms with Crippen LogP contribution in [-0.2, 0) is 30.1 Å². The van der Waals surface area contributed by atoms with Gasteiger partial charge in [0.15, 0.2) is 0 Å². The number of aryl methyl sites for hydroxylation is 2. The minimum Gasteiger partial charge on any atom is -0.508 e. The van der Waals surface area contributed by atoms with Crippen LogP contribution in [0.25, 0.3) is 0 Å². The molecule has 0 aliphatic carbocycles. The van der Waals surface area contributed by atoms with Crippen molar-refractivity contribution in [3.63, 3.8) is 0 Å². The maximum atomic E-state index is 9.28. The van der Waals surface area contributed by atoms with Crippen molar-refractivity contribution in [3.8, 4) is 23.0 Å². The van der Waals surface area contributed by atoms with Gasteiger partial charge in [0.05, 0.1) is 76.8 Å². The lowest BCUT2D eigenvalue weighted by molar-refractivity contribution is 0.0272. The number of nitrogens with one attached hydrogen (secondary N) is 5. The second-order valence-corrected chi connectivity index (χ2v) is 23.0. The molecule has 7 N–H and O–H groups in total. The van der Waals surface area contributed by atoms with E-state index in [1.165, 1.54) is 112 Å². The zero-order valence-electron chi connectivity index (χ0n) is 52.9. The SMILES string of the molecule is CCCCCCCCc1ccc(C2CNCCO2)cc1.CCCCCCCOc1ccc(C2CNCCO2)cc1.CCCCCCOc1ccc(C2CNCCO2)cc1.Cc1cc(O)ccc1C1CNCCO1.Oc1ccc(C2CNCCO2)cc1. The van der Waals surface area contributed by atoms with Crippen molar-refractivity contribution in [1.29, 1.82) is 0 Å². The molecule has 5 atom stereocenters. The van der Waals surface area contributed by atoms with Crippen molar-refractivity contribution in [2.24, 2.45) is 0 Å². The highest BCUT2D eigenvalue weighted by molar-refractivity contribution is 5.36. The number of hydrogen-bond donors (Lipinski definition) is 7. The molecular weight excluding hydrogens is 1080 g/mol. The number of morpholine rings is 5. The van der Waals surface area contributed by atoms with Gasteiger partial charge in [0, 0.05) is 65.4 Å². The van der Waals surface area contributed by atoms with Gasteiger partial charge in [-0.25, -0.2) is 0 Å². The van der Waals surface area contributed by atoms with Gasteiger partial charge in [-0.3, -0.25) is 0 Å². The molecule has 10 rings (SSSR count). The molecule has 0 radical (unpaired) electrons. The first-order chi connectivity index (χ1) is 42.3. The van der Waals surface area contributed by atoms with E-state index in [4.69, 9.17) is 38.3 Å². The van der Waals surface area contributed by atoms with Crippen LogP contribution in [0.5, 0.6) is 23.0 Å². The fourth-order valence-corrected chi connectivity index (χ4v) is 10.8. The van der Waals surface area contributed by atoms with E-state index in [0.717, 1.165) is 153 Å². The summed E-state index contributed by atoms with van der Waals surface area (Å²) in [6.45, 7) is 23.5. The van der Waals surface area contributed by atoms with Crippen molar-refractivity contribution in [2.45, 2.75) is 161 Å². The van der Waals surface area contributed by atoms with Crippen molar-refractivity contribution in [1.82, 2.24) is 26.6 Å². The molecule has 5 aliphatic heterocycles. The van der Waals surface area contributed by atoms with Gasteiger partial charge in [-0.2, -0.15) is 0 Å². The average molecular weight is 1190 g/mol. The smallest absolute Gasteiger partial charge is 0.119 e. The molecule has 0 amide bonds. The van der Waals surface area contributed by atoms with Crippen LogP contribution in [0.1, 0.15) is 187 Å². The Kier molecular flexibility index (Phi) is 35.4. The molecule has 476 valence electrons. The molecule has 5 aromatic rings. The Hall–Kier alpha value is -5.10. The Labute approximate surface area is 517 Å². The summed E-state index contributed by atoms with van der Waals surface area (Å²) in [6.07, 6.45) is 21.7. The fraction of sp³-hybridized carbons (Fsp3) is 0.583. The first kappa shape index (κ1) is 70.0. The molecule has 0 spiro atoms. The van der Waals surface area contributed by atoms with Gasteiger partial charge in [0.1, 0.15) is 23.0 Å². The highest BCUT2D eigenvalue weighted by Gasteiger charge is 2.20. The number of benzene rings is 5. The molecule has 5 heterocycles. The lowest BCUT2D eigenvalue weighted by atomic mass is 10.0. The molecule has 86 heavy (non-hydrogen) atoms. The van der Waals surface area contributed by atoms with Crippen molar-refractivity contribution in [3.05, 3.63) is 154 Å². The number of rotatable bonds is 25. The van der Waals surface area contributed by atoms with Gasteiger partial charge in [0.2, 0.25) is 0 Å². The summed E-state index contributed by atoms with van der Waals surface area (Å²) < 4.78 is 40.0. The first-order valence-electron chi connectivity index (χ1n) is 33.1. The summed E-state index contributed by atoms with van der Waals surface area (Å²) in [5.74, 6) is 2.54. The number of unbranched alkanes of at least 4 members (excludes halogenated alkanes) is 12. The second-order valence-electron chi connectivity index (χ2n) is 23.0. The third-order valence-electron chi connectivity index (χ3n) is 16.0. The molecule has 5 unspecified atom stereocenters. The van der Waals surface area contributed by atoms with Crippen LogP contribution in [0.15, 0.2) is 115 Å². The largest absolute Gasteiger partial charge is 0.508 e. The molecule has 0 bridgehead atoms. The molecule has 14 nitrogen and oxygen atoms in total. The molecular formula is C72H109N5O9. The highest BCUT2D eigenvalue weighted by Crippen LogP contribution is 2.27. The van der Waals surface area contributed by atoms with E-state index < -0.39 is 0 Å². The maximum absolute atomic E-state index is 9.28. The minimum absolute atomic E-state index is 0.129. The van der Waals surface area contributed by atoms with Crippen LogP contribution < -0.4 is 36.1 Å². The summed E-state index contributed by atoms with van der Waals surface area (Å²) >= 11 is 0. The number of phenols is 2. The third kappa shape index (κ3) is 27.9. The number of ether oxygens (including phenoxy) is 7. The van der Waals surface area contributed by atoms with Crippen molar-refractivity contribution >= 4 is 0 Å². The Morgan fingerprint density at radius 1 is 0.372 bits per heavy atom. The van der Waals surface area contributed by atoms with Crippen molar-refractivity contribution < 1.29 is 43.4 Å². The van der Waals surface area contributed by atoms with E-state index in [1.54, 1.807) is 24.3 Å². The lowest BCUT2D eigenvalue weighted by Gasteiger charge is -2.25. The van der Waals surface area contributed by atoms with E-state index in [9.17, 15) is 5.11 Å². The van der Waals surface area contributed by atoms with Crippen LogP contribution in [0.3, 0.4) is 0 Å². The van der Waals surface area contributed by atoms with E-state index in [0.29, 0.717) is 11.5 Å². The van der Waals surface area contributed by atoms with Gasteiger partial charge >= 0.3 is 0 Å². The third-order valence-corrected chi connectivity index (χ3v) is 16.0. The summed E-state index contributed by atoms with van der Waals surface area (Å²) in [7, 11) is 0. The monoisotopic (exact) mass is 1190 g/mol. The first-order valence-corrected chi connectivity index (χ1v) is 33.1. The Balaban J connectivity index is 0.000000174. The Morgan fingerprint density at radius 3 is 1.07 bits per heavy atom. The lowest BCUT2D eigenvalue weighted by Crippen LogP contribution is -2.33. The zero-order chi connectivity index (χ0) is 60.5. The zero-order valence-corrected chi connectivity index (χ0v) is 52.9. The summed E-state index contributed by atoms with van der Waals surface area (Å²) in [6, 6.07) is 38.3.